The lowest BCUT2D eigenvalue weighted by Gasteiger charge is -2.29. The van der Waals surface area contributed by atoms with Crippen LogP contribution in [-0.2, 0) is 20.3 Å². The molecular weight excluding hydrogens is 490 g/mol. The van der Waals surface area contributed by atoms with Gasteiger partial charge in [-0.1, -0.05) is 36.4 Å². The van der Waals surface area contributed by atoms with Gasteiger partial charge in [-0.15, -0.1) is 0 Å². The van der Waals surface area contributed by atoms with E-state index in [2.05, 4.69) is 0 Å². The highest BCUT2D eigenvalue weighted by molar-refractivity contribution is 7.90. The second kappa shape index (κ2) is 12.6. The smallest absolute Gasteiger partial charge is 0.262 e. The first-order valence-corrected chi connectivity index (χ1v) is 13.3. The van der Waals surface area contributed by atoms with E-state index in [1.165, 1.54) is 0 Å². The molecule has 0 N–H and O–H groups in total. The monoisotopic (exact) mass is 521 g/mol. The van der Waals surface area contributed by atoms with E-state index in [1.54, 1.807) is 32.3 Å². The lowest BCUT2D eigenvalue weighted by molar-refractivity contribution is -0.127. The molecule has 1 saturated heterocycles. The summed E-state index contributed by atoms with van der Waals surface area (Å²) in [6.45, 7) is 1.13. The Balaban J connectivity index is 1.47. The number of hydrogen-bond donors (Lipinski definition) is 0. The van der Waals surface area contributed by atoms with Crippen LogP contribution in [0.15, 0.2) is 77.7 Å². The van der Waals surface area contributed by atoms with Crippen LogP contribution in [-0.4, -0.2) is 61.8 Å². The Morgan fingerprint density at radius 2 is 1.30 bits per heavy atom. The molecule has 0 saturated carbocycles. The van der Waals surface area contributed by atoms with Crippen LogP contribution in [0.1, 0.15) is 22.8 Å². The Kier molecular flexibility index (Phi) is 8.98. The molecule has 7 nitrogen and oxygen atoms in total. The quantitative estimate of drug-likeness (QED) is 0.367. The van der Waals surface area contributed by atoms with Gasteiger partial charge in [0.2, 0.25) is 0 Å². The topological polar surface area (TPSA) is 74.3 Å². The minimum Gasteiger partial charge on any atom is -0.497 e. The maximum Gasteiger partial charge on any atom is 0.262 e. The van der Waals surface area contributed by atoms with Crippen molar-refractivity contribution in [3.8, 4) is 17.2 Å². The zero-order chi connectivity index (χ0) is 26.2. The fourth-order valence-electron chi connectivity index (χ4n) is 4.07. The van der Waals surface area contributed by atoms with E-state index in [0.717, 1.165) is 33.9 Å². The van der Waals surface area contributed by atoms with Crippen LogP contribution in [0.3, 0.4) is 0 Å². The Bertz CT molecular complexity index is 1190. The predicted octanol–water partition coefficient (Wildman–Crippen LogP) is 4.45. The van der Waals surface area contributed by atoms with Crippen LogP contribution in [0.5, 0.6) is 17.2 Å². The van der Waals surface area contributed by atoms with Gasteiger partial charge in [-0.2, -0.15) is 0 Å². The molecule has 1 aliphatic heterocycles. The third kappa shape index (κ3) is 6.58. The van der Waals surface area contributed by atoms with Crippen molar-refractivity contribution < 1.29 is 28.0 Å². The van der Waals surface area contributed by atoms with Crippen LogP contribution in [0.2, 0.25) is 0 Å². The van der Waals surface area contributed by atoms with Gasteiger partial charge >= 0.3 is 0 Å². The molecular formula is C29H31NO6S. The maximum atomic E-state index is 13.2. The molecule has 3 aromatic rings. The Morgan fingerprint density at radius 3 is 1.78 bits per heavy atom. The molecule has 37 heavy (non-hydrogen) atoms. The Morgan fingerprint density at radius 1 is 0.811 bits per heavy atom. The second-order valence-electron chi connectivity index (χ2n) is 8.42. The van der Waals surface area contributed by atoms with E-state index in [1.807, 2.05) is 72.8 Å². The van der Waals surface area contributed by atoms with Crippen molar-refractivity contribution in [1.29, 1.82) is 0 Å². The zero-order valence-corrected chi connectivity index (χ0v) is 22.0. The Labute approximate surface area is 220 Å². The normalized spacial score (nSPS) is 16.8. The molecule has 0 aromatic heterocycles. The first kappa shape index (κ1) is 26.4. The SMILES string of the molecule is COc1ccc(C=C2C(=O)N(CCOC(c3ccc(OC)cc3)c3ccc(OC)cc3)CCS2=O)cc1. The standard InChI is InChI=1S/C29H31NO6S/c1-33-24-10-4-21(5-11-24)20-27-29(31)30(17-19-37(27)32)16-18-36-28(22-6-12-25(34-2)13-7-22)23-8-14-26(35-3)15-9-23/h4-15,20,28H,16-19H2,1-3H3. The summed E-state index contributed by atoms with van der Waals surface area (Å²) in [5, 5.41) is 0. The van der Waals surface area contributed by atoms with E-state index in [4.69, 9.17) is 18.9 Å². The summed E-state index contributed by atoms with van der Waals surface area (Å²) in [5.41, 5.74) is 2.74. The highest BCUT2D eigenvalue weighted by Crippen LogP contribution is 2.29. The number of hydrogen-bond acceptors (Lipinski definition) is 6. The molecule has 0 aliphatic carbocycles. The van der Waals surface area contributed by atoms with Crippen LogP contribution in [0.25, 0.3) is 6.08 Å². The van der Waals surface area contributed by atoms with Gasteiger partial charge in [0.1, 0.15) is 28.3 Å². The third-order valence-electron chi connectivity index (χ3n) is 6.19. The molecule has 1 atom stereocenters. The summed E-state index contributed by atoms with van der Waals surface area (Å²) < 4.78 is 34.8. The number of carbonyl (C=O) groups excluding carboxylic acids is 1. The second-order valence-corrected chi connectivity index (χ2v) is 9.96. The molecule has 4 rings (SSSR count). The molecule has 0 spiro atoms. The molecule has 1 amide bonds. The summed E-state index contributed by atoms with van der Waals surface area (Å²) >= 11 is 0. The fraction of sp³-hybridized carbons (Fsp3) is 0.276. The van der Waals surface area contributed by atoms with E-state index in [0.29, 0.717) is 30.4 Å². The molecule has 194 valence electrons. The van der Waals surface area contributed by atoms with Crippen molar-refractivity contribution in [3.63, 3.8) is 0 Å². The number of rotatable bonds is 10. The molecule has 1 aliphatic rings. The van der Waals surface area contributed by atoms with E-state index in [9.17, 15) is 9.00 Å². The van der Waals surface area contributed by atoms with Crippen LogP contribution >= 0.6 is 0 Å². The van der Waals surface area contributed by atoms with Gasteiger partial charge in [0, 0.05) is 18.8 Å². The first-order chi connectivity index (χ1) is 18.0. The zero-order valence-electron chi connectivity index (χ0n) is 21.2. The summed E-state index contributed by atoms with van der Waals surface area (Å²) in [6.07, 6.45) is 1.36. The lowest BCUT2D eigenvalue weighted by atomic mass is 10.0. The van der Waals surface area contributed by atoms with Gasteiger partial charge in [-0.25, -0.2) is 0 Å². The highest BCUT2D eigenvalue weighted by Gasteiger charge is 2.29. The van der Waals surface area contributed by atoms with Crippen LogP contribution in [0, 0.1) is 0 Å². The summed E-state index contributed by atoms with van der Waals surface area (Å²) in [7, 11) is 3.52. The molecule has 0 radical (unpaired) electrons. The highest BCUT2D eigenvalue weighted by atomic mass is 32.2. The number of nitrogens with zero attached hydrogens (tertiary/aromatic N) is 1. The minimum atomic E-state index is -1.34. The van der Waals surface area contributed by atoms with Crippen molar-refractivity contribution in [2.24, 2.45) is 0 Å². The molecule has 1 unspecified atom stereocenters. The molecule has 1 fully saturated rings. The average Bonchev–Trinajstić information content (AvgIpc) is 2.95. The van der Waals surface area contributed by atoms with Gasteiger partial charge in [0.05, 0.1) is 38.7 Å². The molecule has 3 aromatic carbocycles. The summed E-state index contributed by atoms with van der Waals surface area (Å²) in [4.78, 5) is 15.2. The number of carbonyl (C=O) groups is 1. The Hall–Kier alpha value is -3.62. The minimum absolute atomic E-state index is 0.227. The van der Waals surface area contributed by atoms with Crippen LogP contribution < -0.4 is 14.2 Å². The third-order valence-corrected chi connectivity index (χ3v) is 7.52. The molecule has 0 bridgehead atoms. The number of ether oxygens (including phenoxy) is 4. The van der Waals surface area contributed by atoms with Crippen molar-refractivity contribution in [2.75, 3.05) is 46.8 Å². The van der Waals surface area contributed by atoms with E-state index in [-0.39, 0.29) is 12.0 Å². The van der Waals surface area contributed by atoms with Crippen molar-refractivity contribution in [3.05, 3.63) is 94.4 Å². The average molecular weight is 522 g/mol. The number of benzene rings is 3. The maximum absolute atomic E-state index is 13.2. The van der Waals surface area contributed by atoms with Gasteiger partial charge in [0.15, 0.2) is 0 Å². The molecule has 8 heteroatoms. The van der Waals surface area contributed by atoms with Crippen molar-refractivity contribution in [1.82, 2.24) is 4.90 Å². The summed E-state index contributed by atoms with van der Waals surface area (Å²) in [5.74, 6) is 2.42. The largest absolute Gasteiger partial charge is 0.497 e. The van der Waals surface area contributed by atoms with Crippen molar-refractivity contribution >= 4 is 22.8 Å². The van der Waals surface area contributed by atoms with E-state index < -0.39 is 10.8 Å². The number of amides is 1. The predicted molar refractivity (Wildman–Crippen MR) is 144 cm³/mol. The van der Waals surface area contributed by atoms with Gasteiger partial charge in [-0.05, 0) is 59.2 Å². The summed E-state index contributed by atoms with van der Waals surface area (Å²) in [6, 6.07) is 22.8. The lowest BCUT2D eigenvalue weighted by Crippen LogP contribution is -2.43. The number of methoxy groups -OCH3 is 3. The fourth-order valence-corrected chi connectivity index (χ4v) is 5.27. The van der Waals surface area contributed by atoms with Crippen LogP contribution in [0.4, 0.5) is 0 Å². The van der Waals surface area contributed by atoms with E-state index >= 15 is 0 Å². The van der Waals surface area contributed by atoms with Gasteiger partial charge < -0.3 is 23.8 Å². The van der Waals surface area contributed by atoms with Gasteiger partial charge in [-0.3, -0.25) is 9.00 Å². The molecule has 1 heterocycles. The first-order valence-electron chi connectivity index (χ1n) is 11.9. The van der Waals surface area contributed by atoms with Crippen molar-refractivity contribution in [2.45, 2.75) is 6.10 Å². The van der Waals surface area contributed by atoms with Gasteiger partial charge in [0.25, 0.3) is 5.91 Å².